The van der Waals surface area contributed by atoms with Gasteiger partial charge in [-0.1, -0.05) is 41.6 Å². The van der Waals surface area contributed by atoms with Crippen LogP contribution in [-0.4, -0.2) is 40.5 Å². The first-order valence-electron chi connectivity index (χ1n) is 9.47. The van der Waals surface area contributed by atoms with E-state index in [1.807, 2.05) is 47.8 Å². The predicted octanol–water partition coefficient (Wildman–Crippen LogP) is 4.33. The number of carbonyl (C=O) groups is 1. The van der Waals surface area contributed by atoms with E-state index in [9.17, 15) is 4.79 Å². The molecule has 4 rings (SSSR count). The Balaban J connectivity index is 1.20. The van der Waals surface area contributed by atoms with Gasteiger partial charge in [0.15, 0.2) is 5.78 Å². The van der Waals surface area contributed by atoms with Gasteiger partial charge in [0, 0.05) is 17.9 Å². The number of carbonyl (C=O) groups excluding carboxylic acids is 1. The molecule has 5 nitrogen and oxygen atoms in total. The molecule has 0 saturated carbocycles. The lowest BCUT2D eigenvalue weighted by molar-refractivity contribution is 0.0839. The Hall–Kier alpha value is -2.31. The number of piperidine rings is 1. The minimum Gasteiger partial charge on any atom is -0.339 e. The topological polar surface area (TPSA) is 59.2 Å². The molecule has 1 aliphatic rings. The molecule has 1 aromatic carbocycles. The Morgan fingerprint density at radius 1 is 1.15 bits per heavy atom. The molecule has 0 amide bonds. The highest BCUT2D eigenvalue weighted by atomic mass is 32.1. The average Bonchev–Trinajstić information content (AvgIpc) is 3.40. The van der Waals surface area contributed by atoms with Gasteiger partial charge in [-0.3, -0.25) is 4.79 Å². The third-order valence-corrected chi connectivity index (χ3v) is 5.96. The first-order valence-corrected chi connectivity index (χ1v) is 10.4. The van der Waals surface area contributed by atoms with Crippen LogP contribution >= 0.6 is 11.3 Å². The number of aromatic nitrogens is 2. The number of Topliss-reactive ketones (excluding diaryl/α,β-unsaturated/α-hetero) is 1. The number of ketones is 1. The van der Waals surface area contributed by atoms with E-state index in [-0.39, 0.29) is 5.92 Å². The van der Waals surface area contributed by atoms with Crippen molar-refractivity contribution in [2.75, 3.05) is 19.6 Å². The van der Waals surface area contributed by atoms with Crippen molar-refractivity contribution >= 4 is 17.1 Å². The zero-order valence-electron chi connectivity index (χ0n) is 15.2. The van der Waals surface area contributed by atoms with E-state index in [0.29, 0.717) is 17.5 Å². The molecule has 1 saturated heterocycles. The monoisotopic (exact) mass is 381 g/mol. The van der Waals surface area contributed by atoms with E-state index in [0.717, 1.165) is 55.8 Å². The van der Waals surface area contributed by atoms with E-state index >= 15 is 0 Å². The predicted molar refractivity (Wildman–Crippen MR) is 106 cm³/mol. The molecule has 0 unspecified atom stereocenters. The van der Waals surface area contributed by atoms with Crippen LogP contribution in [0.5, 0.6) is 0 Å². The zero-order chi connectivity index (χ0) is 18.5. The Kier molecular flexibility index (Phi) is 5.75. The highest BCUT2D eigenvalue weighted by Gasteiger charge is 2.25. The quantitative estimate of drug-likeness (QED) is 0.570. The van der Waals surface area contributed by atoms with Crippen molar-refractivity contribution < 1.29 is 9.32 Å². The Labute approximate surface area is 163 Å². The molecule has 3 heterocycles. The van der Waals surface area contributed by atoms with Crippen LogP contribution in [0.4, 0.5) is 0 Å². The van der Waals surface area contributed by atoms with E-state index in [2.05, 4.69) is 15.0 Å². The number of aryl methyl sites for hydroxylation is 1. The third-order valence-electron chi connectivity index (χ3n) is 5.09. The average molecular weight is 382 g/mol. The summed E-state index contributed by atoms with van der Waals surface area (Å²) in [6.45, 7) is 2.96. The summed E-state index contributed by atoms with van der Waals surface area (Å²) < 4.78 is 5.36. The standard InChI is InChI=1S/C21H23N3O2S/c25-20(16-6-2-1-3-7-16)17-10-13-24(14-11-17)12-4-9-19-22-21(23-26-19)18-8-5-15-27-18/h1-3,5-8,15,17H,4,9-14H2. The van der Waals surface area contributed by atoms with Crippen molar-refractivity contribution in [2.24, 2.45) is 5.92 Å². The van der Waals surface area contributed by atoms with Crippen molar-refractivity contribution in [3.63, 3.8) is 0 Å². The summed E-state index contributed by atoms with van der Waals surface area (Å²) in [6, 6.07) is 13.6. The number of rotatable bonds is 7. The molecule has 0 radical (unpaired) electrons. The first-order chi connectivity index (χ1) is 13.3. The van der Waals surface area contributed by atoms with Crippen LogP contribution in [0.3, 0.4) is 0 Å². The Morgan fingerprint density at radius 2 is 1.96 bits per heavy atom. The lowest BCUT2D eigenvalue weighted by Crippen LogP contribution is -2.37. The Morgan fingerprint density at radius 3 is 2.70 bits per heavy atom. The normalized spacial score (nSPS) is 15.9. The van der Waals surface area contributed by atoms with E-state index in [1.165, 1.54) is 0 Å². The highest BCUT2D eigenvalue weighted by Crippen LogP contribution is 2.23. The summed E-state index contributed by atoms with van der Waals surface area (Å²) in [5.41, 5.74) is 0.842. The smallest absolute Gasteiger partial charge is 0.227 e. The fourth-order valence-corrected chi connectivity index (χ4v) is 4.22. The van der Waals surface area contributed by atoms with Crippen LogP contribution in [-0.2, 0) is 6.42 Å². The summed E-state index contributed by atoms with van der Waals surface area (Å²) in [5.74, 6) is 1.84. The van der Waals surface area contributed by atoms with Gasteiger partial charge in [0.2, 0.25) is 11.7 Å². The minimum atomic E-state index is 0.160. The van der Waals surface area contributed by atoms with Gasteiger partial charge in [-0.05, 0) is 50.3 Å². The van der Waals surface area contributed by atoms with E-state index < -0.39 is 0 Å². The fraction of sp³-hybridized carbons (Fsp3) is 0.381. The fourth-order valence-electron chi connectivity index (χ4n) is 3.57. The molecule has 0 N–H and O–H groups in total. The summed E-state index contributed by atoms with van der Waals surface area (Å²) in [6.07, 6.45) is 3.66. The van der Waals surface area contributed by atoms with Crippen LogP contribution in [0, 0.1) is 5.92 Å². The minimum absolute atomic E-state index is 0.160. The number of hydrogen-bond acceptors (Lipinski definition) is 6. The summed E-state index contributed by atoms with van der Waals surface area (Å²) in [4.78, 5) is 20.5. The van der Waals surface area contributed by atoms with Gasteiger partial charge in [0.1, 0.15) is 0 Å². The lowest BCUT2D eigenvalue weighted by Gasteiger charge is -2.31. The molecule has 1 aliphatic heterocycles. The first kappa shape index (κ1) is 18.1. The van der Waals surface area contributed by atoms with Gasteiger partial charge < -0.3 is 9.42 Å². The van der Waals surface area contributed by atoms with Crippen molar-refractivity contribution in [3.8, 4) is 10.7 Å². The molecule has 27 heavy (non-hydrogen) atoms. The Bertz CT molecular complexity index is 853. The number of hydrogen-bond donors (Lipinski definition) is 0. The maximum atomic E-state index is 12.6. The molecule has 2 aromatic heterocycles. The van der Waals surface area contributed by atoms with E-state index in [4.69, 9.17) is 4.52 Å². The highest BCUT2D eigenvalue weighted by molar-refractivity contribution is 7.13. The second kappa shape index (κ2) is 8.59. The molecule has 140 valence electrons. The van der Waals surface area contributed by atoms with Crippen molar-refractivity contribution in [1.82, 2.24) is 15.0 Å². The van der Waals surface area contributed by atoms with Crippen molar-refractivity contribution in [2.45, 2.75) is 25.7 Å². The molecule has 0 bridgehead atoms. The molecule has 0 atom stereocenters. The van der Waals surface area contributed by atoms with Gasteiger partial charge in [-0.25, -0.2) is 0 Å². The van der Waals surface area contributed by atoms with Crippen LogP contribution in [0.25, 0.3) is 10.7 Å². The maximum absolute atomic E-state index is 12.6. The van der Waals surface area contributed by atoms with Gasteiger partial charge in [0.05, 0.1) is 4.88 Å². The van der Waals surface area contributed by atoms with Crippen molar-refractivity contribution in [3.05, 3.63) is 59.3 Å². The van der Waals surface area contributed by atoms with Crippen LogP contribution < -0.4 is 0 Å². The summed E-state index contributed by atoms with van der Waals surface area (Å²) >= 11 is 1.62. The lowest BCUT2D eigenvalue weighted by atomic mass is 9.89. The second-order valence-corrected chi connectivity index (χ2v) is 7.89. The van der Waals surface area contributed by atoms with Crippen molar-refractivity contribution in [1.29, 1.82) is 0 Å². The number of nitrogens with zero attached hydrogens (tertiary/aromatic N) is 3. The molecular weight excluding hydrogens is 358 g/mol. The van der Waals surface area contributed by atoms with Crippen LogP contribution in [0.1, 0.15) is 35.5 Å². The number of thiophene rings is 1. The maximum Gasteiger partial charge on any atom is 0.227 e. The van der Waals surface area contributed by atoms with Crippen LogP contribution in [0.15, 0.2) is 52.4 Å². The molecule has 3 aromatic rings. The largest absolute Gasteiger partial charge is 0.339 e. The number of likely N-dealkylation sites (tertiary alicyclic amines) is 1. The SMILES string of the molecule is O=C(c1ccccc1)C1CCN(CCCc2nc(-c3cccs3)no2)CC1. The molecule has 1 fully saturated rings. The van der Waals surface area contributed by atoms with Gasteiger partial charge >= 0.3 is 0 Å². The molecule has 0 aliphatic carbocycles. The molecular formula is C21H23N3O2S. The van der Waals surface area contributed by atoms with Crippen LogP contribution in [0.2, 0.25) is 0 Å². The van der Waals surface area contributed by atoms with Gasteiger partial charge in [-0.15, -0.1) is 11.3 Å². The number of benzene rings is 1. The van der Waals surface area contributed by atoms with Gasteiger partial charge in [-0.2, -0.15) is 4.98 Å². The molecule has 6 heteroatoms. The second-order valence-electron chi connectivity index (χ2n) is 6.94. The zero-order valence-corrected chi connectivity index (χ0v) is 16.0. The van der Waals surface area contributed by atoms with E-state index in [1.54, 1.807) is 11.3 Å². The third kappa shape index (κ3) is 4.51. The summed E-state index contributed by atoms with van der Waals surface area (Å²) in [7, 11) is 0. The summed E-state index contributed by atoms with van der Waals surface area (Å²) in [5, 5.41) is 6.07. The molecule has 0 spiro atoms. The van der Waals surface area contributed by atoms with Gasteiger partial charge in [0.25, 0.3) is 0 Å².